The molecule has 0 unspecified atom stereocenters. The second-order valence-corrected chi connectivity index (χ2v) is 6.20. The predicted molar refractivity (Wildman–Crippen MR) is 109 cm³/mol. The van der Waals surface area contributed by atoms with E-state index in [0.717, 1.165) is 16.0 Å². The molecule has 0 bridgehead atoms. The fourth-order valence-corrected chi connectivity index (χ4v) is 2.51. The molecule has 3 nitrogen and oxygen atoms in total. The van der Waals surface area contributed by atoms with Gasteiger partial charge in [0.2, 0.25) is 0 Å². The van der Waals surface area contributed by atoms with Crippen LogP contribution in [0.2, 0.25) is 0 Å². The first-order valence-electron chi connectivity index (χ1n) is 8.58. The Hall–Kier alpha value is -3.32. The topological polar surface area (TPSA) is 45.0 Å². The lowest BCUT2D eigenvalue weighted by Crippen LogP contribution is -2.21. The number of nitriles is 1. The molecule has 0 aliphatic heterocycles. The molecule has 2 rings (SSSR count). The molecule has 27 heavy (non-hydrogen) atoms. The van der Waals surface area contributed by atoms with Crippen LogP contribution in [-0.4, -0.2) is 13.7 Å². The van der Waals surface area contributed by atoms with E-state index in [1.54, 1.807) is 20.0 Å². The third-order valence-corrected chi connectivity index (χ3v) is 4.11. The van der Waals surface area contributed by atoms with E-state index in [-0.39, 0.29) is 0 Å². The van der Waals surface area contributed by atoms with Crippen molar-refractivity contribution < 1.29 is 9.13 Å². The van der Waals surface area contributed by atoms with Crippen LogP contribution in [0.4, 0.5) is 4.39 Å². The van der Waals surface area contributed by atoms with Crippen molar-refractivity contribution in [2.75, 3.05) is 13.7 Å². The average Bonchev–Trinajstić information content (AvgIpc) is 2.66. The standard InChI is InChI=1S/C23H23FN2O/c1-16(9-10-19-8-6-5-7-17(19)2)15-27-22-12-20(11-21(24)13-22)18(3)23(14-25)26-4/h5-13,26H,2,15H2,1,3-4H3/b16-9+,19-10-,23-18+. The van der Waals surface area contributed by atoms with Gasteiger partial charge in [-0.25, -0.2) is 4.39 Å². The summed E-state index contributed by atoms with van der Waals surface area (Å²) in [6.07, 6.45) is 3.95. The molecule has 0 aliphatic carbocycles. The minimum Gasteiger partial charge on any atom is -0.489 e. The number of rotatable bonds is 6. The van der Waals surface area contributed by atoms with Crippen LogP contribution in [0, 0.1) is 17.1 Å². The van der Waals surface area contributed by atoms with Gasteiger partial charge < -0.3 is 10.1 Å². The fraction of sp³-hybridized carbons (Fsp3) is 0.174. The maximum atomic E-state index is 14.0. The van der Waals surface area contributed by atoms with Gasteiger partial charge in [0.25, 0.3) is 0 Å². The molecule has 0 saturated carbocycles. The summed E-state index contributed by atoms with van der Waals surface area (Å²) < 4.78 is 19.7. The maximum Gasteiger partial charge on any atom is 0.127 e. The maximum absolute atomic E-state index is 14.0. The highest BCUT2D eigenvalue weighted by Gasteiger charge is 2.08. The molecule has 0 aliphatic rings. The number of allylic oxidation sites excluding steroid dienone is 3. The van der Waals surface area contributed by atoms with Crippen LogP contribution in [0.5, 0.6) is 5.75 Å². The van der Waals surface area contributed by atoms with E-state index in [1.165, 1.54) is 12.1 Å². The highest BCUT2D eigenvalue weighted by Crippen LogP contribution is 2.24. The summed E-state index contributed by atoms with van der Waals surface area (Å²) in [7, 11) is 1.66. The first-order valence-corrected chi connectivity index (χ1v) is 8.58. The van der Waals surface area contributed by atoms with Gasteiger partial charge in [0.05, 0.1) is 0 Å². The van der Waals surface area contributed by atoms with E-state index in [1.807, 2.05) is 43.3 Å². The summed E-state index contributed by atoms with van der Waals surface area (Å²) in [5.41, 5.74) is 2.65. The molecule has 138 valence electrons. The number of hydrogen-bond acceptors (Lipinski definition) is 3. The van der Waals surface area contributed by atoms with Gasteiger partial charge in [0.1, 0.15) is 29.9 Å². The Labute approximate surface area is 159 Å². The number of hydrogen-bond donors (Lipinski definition) is 1. The van der Waals surface area contributed by atoms with Gasteiger partial charge in [-0.2, -0.15) is 5.26 Å². The molecule has 0 atom stereocenters. The zero-order valence-electron chi connectivity index (χ0n) is 15.8. The monoisotopic (exact) mass is 362 g/mol. The Morgan fingerprint density at radius 2 is 2.00 bits per heavy atom. The molecule has 0 amide bonds. The zero-order valence-corrected chi connectivity index (χ0v) is 15.8. The lowest BCUT2D eigenvalue weighted by atomic mass is 10.1. The molecule has 0 saturated heterocycles. The minimum absolute atomic E-state index is 0.332. The first kappa shape index (κ1) is 20.0. The molecule has 0 spiro atoms. The SMILES string of the molecule is C=c1cccc/c1=C/C=C(\C)COc1cc(F)cc(/C(C)=C(\C#N)NC)c1. The normalized spacial score (nSPS) is 13.0. The molecule has 0 heterocycles. The van der Waals surface area contributed by atoms with E-state index in [2.05, 4.69) is 18.0 Å². The summed E-state index contributed by atoms with van der Waals surface area (Å²) in [5, 5.41) is 13.9. The summed E-state index contributed by atoms with van der Waals surface area (Å²) in [6.45, 7) is 8.04. The molecular formula is C23H23FN2O. The molecule has 0 aromatic heterocycles. The van der Waals surface area contributed by atoms with Crippen LogP contribution < -0.4 is 20.5 Å². The van der Waals surface area contributed by atoms with Gasteiger partial charge in [-0.3, -0.25) is 0 Å². The summed E-state index contributed by atoms with van der Waals surface area (Å²) >= 11 is 0. The van der Waals surface area contributed by atoms with Crippen molar-refractivity contribution >= 4 is 18.2 Å². The number of nitrogens with zero attached hydrogens (tertiary/aromatic N) is 1. The van der Waals surface area contributed by atoms with E-state index in [9.17, 15) is 4.39 Å². The highest BCUT2D eigenvalue weighted by atomic mass is 19.1. The Bertz CT molecular complexity index is 1030. The number of benzene rings is 2. The molecular weight excluding hydrogens is 339 g/mol. The third kappa shape index (κ3) is 5.58. The third-order valence-electron chi connectivity index (χ3n) is 4.11. The first-order chi connectivity index (χ1) is 12.9. The van der Waals surface area contributed by atoms with Crippen molar-refractivity contribution in [2.24, 2.45) is 0 Å². The van der Waals surface area contributed by atoms with E-state index in [0.29, 0.717) is 29.2 Å². The van der Waals surface area contributed by atoms with Gasteiger partial charge in [0, 0.05) is 13.1 Å². The average molecular weight is 362 g/mol. The molecule has 0 radical (unpaired) electrons. The lowest BCUT2D eigenvalue weighted by molar-refractivity contribution is 0.350. The molecule has 4 heteroatoms. The molecule has 1 N–H and O–H groups in total. The van der Waals surface area contributed by atoms with Crippen molar-refractivity contribution in [3.8, 4) is 11.8 Å². The van der Waals surface area contributed by atoms with Crippen LogP contribution in [0.25, 0.3) is 18.2 Å². The van der Waals surface area contributed by atoms with Crippen molar-refractivity contribution in [2.45, 2.75) is 13.8 Å². The Morgan fingerprint density at radius 1 is 1.26 bits per heavy atom. The summed E-state index contributed by atoms with van der Waals surface area (Å²) in [4.78, 5) is 0. The fourth-order valence-electron chi connectivity index (χ4n) is 2.51. The van der Waals surface area contributed by atoms with E-state index in [4.69, 9.17) is 10.00 Å². The molecule has 2 aromatic rings. The second-order valence-electron chi connectivity index (χ2n) is 6.20. The largest absolute Gasteiger partial charge is 0.489 e. The Morgan fingerprint density at radius 3 is 2.67 bits per heavy atom. The molecule has 0 fully saturated rings. The van der Waals surface area contributed by atoms with Crippen molar-refractivity contribution in [1.29, 1.82) is 5.26 Å². The van der Waals surface area contributed by atoms with Crippen LogP contribution in [0.3, 0.4) is 0 Å². The van der Waals surface area contributed by atoms with Gasteiger partial charge >= 0.3 is 0 Å². The van der Waals surface area contributed by atoms with Gasteiger partial charge in [-0.05, 0) is 53.1 Å². The quantitative estimate of drug-likeness (QED) is 0.800. The summed E-state index contributed by atoms with van der Waals surface area (Å²) in [6, 6.07) is 14.4. The summed E-state index contributed by atoms with van der Waals surface area (Å²) in [5.74, 6) is 0.0115. The van der Waals surface area contributed by atoms with E-state index < -0.39 is 5.82 Å². The minimum atomic E-state index is -0.408. The van der Waals surface area contributed by atoms with Crippen LogP contribution in [0.15, 0.2) is 59.8 Å². The Balaban J connectivity index is 2.19. The van der Waals surface area contributed by atoms with E-state index >= 15 is 0 Å². The number of ether oxygens (including phenoxy) is 1. The van der Waals surface area contributed by atoms with Gasteiger partial charge in [0.15, 0.2) is 0 Å². The lowest BCUT2D eigenvalue weighted by Gasteiger charge is -2.10. The van der Waals surface area contributed by atoms with Crippen molar-refractivity contribution in [3.63, 3.8) is 0 Å². The highest BCUT2D eigenvalue weighted by molar-refractivity contribution is 5.70. The number of nitrogens with one attached hydrogen (secondary N) is 1. The molecule has 2 aromatic carbocycles. The Kier molecular flexibility index (Phi) is 6.96. The van der Waals surface area contributed by atoms with Gasteiger partial charge in [-0.15, -0.1) is 0 Å². The van der Waals surface area contributed by atoms with Crippen LogP contribution >= 0.6 is 0 Å². The van der Waals surface area contributed by atoms with Crippen LogP contribution in [0.1, 0.15) is 19.4 Å². The van der Waals surface area contributed by atoms with Crippen LogP contribution in [-0.2, 0) is 0 Å². The number of halogens is 1. The van der Waals surface area contributed by atoms with Crippen molar-refractivity contribution in [3.05, 3.63) is 81.6 Å². The van der Waals surface area contributed by atoms with Gasteiger partial charge in [-0.1, -0.05) is 43.0 Å². The van der Waals surface area contributed by atoms with Crippen molar-refractivity contribution in [1.82, 2.24) is 5.32 Å². The smallest absolute Gasteiger partial charge is 0.127 e. The zero-order chi connectivity index (χ0) is 19.8. The predicted octanol–water partition coefficient (Wildman–Crippen LogP) is 3.52. The second kappa shape index (κ2) is 9.40.